The molecule has 9 heteroatoms. The minimum Gasteiger partial charge on any atom is -0.508 e. The first-order chi connectivity index (χ1) is 25.2. The average molecular weight is 733 g/mol. The number of carbonyl (C=O) groups is 1. The molecule has 6 N–H and O–H groups in total. The predicted octanol–water partition coefficient (Wildman–Crippen LogP) is 6.52. The largest absolute Gasteiger partial charge is 0.508 e. The number of ketones is 1. The van der Waals surface area contributed by atoms with Crippen LogP contribution in [0.3, 0.4) is 0 Å². The van der Waals surface area contributed by atoms with Gasteiger partial charge in [-0.25, -0.2) is 0 Å². The van der Waals surface area contributed by atoms with Crippen LogP contribution >= 0.6 is 22.7 Å². The van der Waals surface area contributed by atoms with Crippen molar-refractivity contribution in [3.05, 3.63) is 92.5 Å². The lowest BCUT2D eigenvalue weighted by atomic mass is 9.61. The number of Topliss-reactive ketones (excluding diaryl/α,β-unsaturated/α-hetero) is 1. The van der Waals surface area contributed by atoms with Gasteiger partial charge in [0.1, 0.15) is 5.75 Å². The molecule has 3 aliphatic carbocycles. The monoisotopic (exact) mass is 732 g/mol. The molecule has 0 bridgehead atoms. The van der Waals surface area contributed by atoms with Crippen molar-refractivity contribution in [2.45, 2.75) is 77.0 Å². The van der Waals surface area contributed by atoms with Gasteiger partial charge in [-0.3, -0.25) is 9.79 Å². The zero-order valence-corrected chi connectivity index (χ0v) is 31.5. The Bertz CT molecular complexity index is 2120. The Morgan fingerprint density at radius 1 is 0.962 bits per heavy atom. The van der Waals surface area contributed by atoms with Gasteiger partial charge in [0.15, 0.2) is 11.7 Å². The Balaban J connectivity index is 1.21. The van der Waals surface area contributed by atoms with E-state index in [1.165, 1.54) is 23.3 Å². The summed E-state index contributed by atoms with van der Waals surface area (Å²) >= 11 is 3.25. The number of aliphatic hydroxyl groups is 1. The lowest BCUT2D eigenvalue weighted by Crippen LogP contribution is -2.52. The first kappa shape index (κ1) is 36.0. The molecule has 7 rings (SSSR count). The van der Waals surface area contributed by atoms with Gasteiger partial charge in [0, 0.05) is 40.0 Å². The fourth-order valence-electron chi connectivity index (χ4n) is 8.40. The maximum Gasteiger partial charge on any atom is 0.189 e. The van der Waals surface area contributed by atoms with Gasteiger partial charge in [-0.15, -0.1) is 28.6 Å². The smallest absolute Gasteiger partial charge is 0.189 e. The SMILES string of the molecule is CC#Cc1ccc(-c2ccc(C(=O)C3CCC(C(Cc4cc(O)cc(NCC(C)O)c4)NC(N)=NC4CCCC4)C4C=c5ccccc5=CC34)s2)s1. The van der Waals surface area contributed by atoms with Crippen LogP contribution in [0.25, 0.3) is 21.9 Å². The first-order valence-corrected chi connectivity index (χ1v) is 20.2. The van der Waals surface area contributed by atoms with Gasteiger partial charge in [-0.2, -0.15) is 0 Å². The van der Waals surface area contributed by atoms with Crippen LogP contribution in [0.1, 0.15) is 72.5 Å². The molecule has 0 amide bonds. The van der Waals surface area contributed by atoms with Gasteiger partial charge in [0.05, 0.1) is 21.9 Å². The highest BCUT2D eigenvalue weighted by Crippen LogP contribution is 2.46. The molecule has 2 heterocycles. The topological polar surface area (TPSA) is 120 Å². The second-order valence-electron chi connectivity index (χ2n) is 14.6. The van der Waals surface area contributed by atoms with E-state index in [1.807, 2.05) is 31.2 Å². The number of thiophene rings is 2. The third kappa shape index (κ3) is 8.31. The fraction of sp³-hybridized carbons (Fsp3) is 0.395. The van der Waals surface area contributed by atoms with E-state index in [9.17, 15) is 15.0 Å². The van der Waals surface area contributed by atoms with Crippen LogP contribution in [-0.2, 0) is 6.42 Å². The minimum atomic E-state index is -0.521. The molecule has 4 aromatic rings. The number of nitrogens with zero attached hydrogens (tertiary/aromatic N) is 1. The molecule has 7 nitrogen and oxygen atoms in total. The summed E-state index contributed by atoms with van der Waals surface area (Å²) in [5.74, 6) is 7.08. The van der Waals surface area contributed by atoms with Crippen LogP contribution in [0, 0.1) is 35.5 Å². The summed E-state index contributed by atoms with van der Waals surface area (Å²) in [7, 11) is 0. The predicted molar refractivity (Wildman–Crippen MR) is 215 cm³/mol. The van der Waals surface area contributed by atoms with Gasteiger partial charge >= 0.3 is 0 Å². The second-order valence-corrected chi connectivity index (χ2v) is 16.7. The van der Waals surface area contributed by atoms with Gasteiger partial charge < -0.3 is 26.6 Å². The minimum absolute atomic E-state index is 0.0182. The molecule has 0 spiro atoms. The molecule has 270 valence electrons. The highest BCUT2D eigenvalue weighted by Gasteiger charge is 2.44. The summed E-state index contributed by atoms with van der Waals surface area (Å²) in [6.07, 6.45) is 10.9. The number of phenols is 1. The zero-order chi connectivity index (χ0) is 36.2. The number of nitrogens with two attached hydrogens (primary N) is 1. The summed E-state index contributed by atoms with van der Waals surface area (Å²) in [6.45, 7) is 3.96. The molecule has 0 radical (unpaired) electrons. The number of carbonyl (C=O) groups excluding carboxylic acids is 1. The fourth-order valence-corrected chi connectivity index (χ4v) is 10.4. The molecule has 0 saturated heterocycles. The number of aliphatic hydroxyl groups excluding tert-OH is 1. The van der Waals surface area contributed by atoms with Crippen LogP contribution in [0.4, 0.5) is 5.69 Å². The third-order valence-corrected chi connectivity index (χ3v) is 13.1. The maximum absolute atomic E-state index is 14.5. The molecule has 2 saturated carbocycles. The van der Waals surface area contributed by atoms with Crippen LogP contribution in [-0.4, -0.2) is 46.7 Å². The van der Waals surface area contributed by atoms with E-state index in [0.29, 0.717) is 18.9 Å². The van der Waals surface area contributed by atoms with Crippen molar-refractivity contribution >= 4 is 52.3 Å². The molecular weight excluding hydrogens is 685 g/mol. The molecule has 2 aromatic heterocycles. The van der Waals surface area contributed by atoms with Crippen LogP contribution in [0.2, 0.25) is 0 Å². The first-order valence-electron chi connectivity index (χ1n) is 18.5. The quantitative estimate of drug-likeness (QED) is 0.0519. The number of hydrogen-bond donors (Lipinski definition) is 5. The summed E-state index contributed by atoms with van der Waals surface area (Å²) < 4.78 is 0. The molecule has 2 aromatic carbocycles. The Kier molecular flexibility index (Phi) is 11.2. The van der Waals surface area contributed by atoms with Gasteiger partial charge in [0.2, 0.25) is 0 Å². The Hall–Kier alpha value is -4.36. The molecular formula is C43H48N4O3S2. The average Bonchev–Trinajstić information content (AvgIpc) is 3.92. The van der Waals surface area contributed by atoms with Gasteiger partial charge in [0.25, 0.3) is 0 Å². The molecule has 3 aliphatic rings. The van der Waals surface area contributed by atoms with Crippen LogP contribution in [0.5, 0.6) is 5.75 Å². The van der Waals surface area contributed by atoms with Gasteiger partial charge in [-0.05, 0) is 116 Å². The van der Waals surface area contributed by atoms with Crippen molar-refractivity contribution in [3.63, 3.8) is 0 Å². The van der Waals surface area contributed by atoms with Crippen molar-refractivity contribution in [2.24, 2.45) is 34.4 Å². The van der Waals surface area contributed by atoms with Crippen molar-refractivity contribution in [1.82, 2.24) is 5.32 Å². The number of hydrogen-bond acceptors (Lipinski definition) is 7. The van der Waals surface area contributed by atoms with Crippen molar-refractivity contribution in [3.8, 4) is 27.3 Å². The van der Waals surface area contributed by atoms with E-state index in [0.717, 1.165) is 56.4 Å². The highest BCUT2D eigenvalue weighted by molar-refractivity contribution is 7.23. The number of phenolic OH excluding ortho intramolecular Hbond substituents is 1. The lowest BCUT2D eigenvalue weighted by molar-refractivity contribution is 0.0768. The van der Waals surface area contributed by atoms with Crippen molar-refractivity contribution in [1.29, 1.82) is 0 Å². The number of guanidine groups is 1. The second kappa shape index (κ2) is 16.1. The maximum atomic E-state index is 14.5. The van der Waals surface area contributed by atoms with Crippen molar-refractivity contribution in [2.75, 3.05) is 11.9 Å². The summed E-state index contributed by atoms with van der Waals surface area (Å²) in [5, 5.41) is 29.9. The number of aromatic hydroxyl groups is 1. The normalized spacial score (nSPS) is 22.5. The number of rotatable bonds is 11. The molecule has 6 unspecified atom stereocenters. The lowest BCUT2D eigenvalue weighted by Gasteiger charge is -2.45. The number of fused-ring (bicyclic) bond motifs is 2. The van der Waals surface area contributed by atoms with E-state index < -0.39 is 6.10 Å². The van der Waals surface area contributed by atoms with Gasteiger partial charge in [-0.1, -0.05) is 55.2 Å². The molecule has 2 fully saturated rings. The Morgan fingerprint density at radius 2 is 1.69 bits per heavy atom. The standard InChI is InChI=1S/C43H48N4O3S2/c1-3-8-33-13-16-39(51-33)40-17-18-41(52-40)42(50)35-15-14-34(36-22-28-9-4-5-10-29(28)23-37(35)36)38(47-43(44)46-30-11-6-7-12-30)21-27-19-31(24-32(49)20-27)45-25-26(2)48/h4-5,9-10,13,16-20,22-24,26,30,34-38,45,48-49H,6-7,11-12,14-15,21,25H2,1-2H3,(H3,44,46,47). The highest BCUT2D eigenvalue weighted by atomic mass is 32.1. The number of aliphatic imine (C=N–C) groups is 1. The number of benzene rings is 2. The summed E-state index contributed by atoms with van der Waals surface area (Å²) in [5.41, 5.74) is 8.41. The van der Waals surface area contributed by atoms with Crippen molar-refractivity contribution < 1.29 is 15.0 Å². The van der Waals surface area contributed by atoms with E-state index in [2.05, 4.69) is 71.0 Å². The molecule has 6 atom stereocenters. The molecule has 0 aliphatic heterocycles. The van der Waals surface area contributed by atoms with Crippen LogP contribution < -0.4 is 26.8 Å². The molecule has 52 heavy (non-hydrogen) atoms. The third-order valence-electron chi connectivity index (χ3n) is 10.8. The summed E-state index contributed by atoms with van der Waals surface area (Å²) in [4.78, 5) is 23.5. The number of nitrogens with one attached hydrogen (secondary N) is 2. The number of anilines is 1. The van der Waals surface area contributed by atoms with E-state index in [-0.39, 0.29) is 47.3 Å². The van der Waals surface area contributed by atoms with Crippen LogP contribution in [0.15, 0.2) is 71.7 Å². The van der Waals surface area contributed by atoms with E-state index >= 15 is 0 Å². The zero-order valence-electron chi connectivity index (χ0n) is 29.8. The summed E-state index contributed by atoms with van der Waals surface area (Å²) in [6, 6.07) is 22.4. The Morgan fingerprint density at radius 3 is 2.44 bits per heavy atom. The van der Waals surface area contributed by atoms with E-state index in [4.69, 9.17) is 10.7 Å². The Labute approximate surface area is 314 Å². The van der Waals surface area contributed by atoms with E-state index in [1.54, 1.807) is 35.7 Å².